The molecular weight excluding hydrogens is 268 g/mol. The van der Waals surface area contributed by atoms with Gasteiger partial charge < -0.3 is 10.5 Å². The highest BCUT2D eigenvalue weighted by atomic mass is 16.5. The molecule has 0 saturated heterocycles. The number of aromatic nitrogens is 3. The van der Waals surface area contributed by atoms with E-state index in [9.17, 15) is 4.79 Å². The molecule has 2 heterocycles. The van der Waals surface area contributed by atoms with Crippen LogP contribution in [0.4, 0.5) is 0 Å². The van der Waals surface area contributed by atoms with Gasteiger partial charge in [-0.15, -0.1) is 5.10 Å². The number of nitrogens with zero attached hydrogens (tertiary/aromatic N) is 3. The topological polar surface area (TPSA) is 83.0 Å². The van der Waals surface area contributed by atoms with Crippen LogP contribution in [0.15, 0.2) is 30.5 Å². The van der Waals surface area contributed by atoms with Crippen molar-refractivity contribution >= 4 is 5.78 Å². The van der Waals surface area contributed by atoms with Crippen LogP contribution in [-0.2, 0) is 29.0 Å². The third-order valence-electron chi connectivity index (χ3n) is 3.64. The Morgan fingerprint density at radius 3 is 3.10 bits per heavy atom. The summed E-state index contributed by atoms with van der Waals surface area (Å²) in [5, 5.41) is 7.76. The highest BCUT2D eigenvalue weighted by Gasteiger charge is 2.23. The second-order valence-electron chi connectivity index (χ2n) is 5.16. The third kappa shape index (κ3) is 3.17. The van der Waals surface area contributed by atoms with Crippen LogP contribution in [0.5, 0.6) is 0 Å². The summed E-state index contributed by atoms with van der Waals surface area (Å²) in [7, 11) is 0. The number of Topliss-reactive ketones (excluding diaryl/α,β-unsaturated/α-hetero) is 1. The number of benzene rings is 1. The van der Waals surface area contributed by atoms with Crippen molar-refractivity contribution in [3.05, 3.63) is 47.3 Å². The first-order valence-corrected chi connectivity index (χ1v) is 7.06. The average Bonchev–Trinajstić information content (AvgIpc) is 2.95. The molecule has 0 bridgehead atoms. The molecule has 1 aliphatic rings. The van der Waals surface area contributed by atoms with Crippen LogP contribution < -0.4 is 5.73 Å². The zero-order valence-corrected chi connectivity index (χ0v) is 11.7. The number of rotatable bonds is 5. The number of carbonyl (C=O) groups excluding carboxylic acids is 1. The Hall–Kier alpha value is -2.05. The number of fused-ring (bicyclic) bond motifs is 1. The summed E-state index contributed by atoms with van der Waals surface area (Å²) in [6, 6.07) is 8.14. The number of hydrogen-bond donors (Lipinski definition) is 1. The van der Waals surface area contributed by atoms with Crippen molar-refractivity contribution in [2.75, 3.05) is 6.61 Å². The molecule has 3 rings (SSSR count). The zero-order chi connectivity index (χ0) is 14.7. The van der Waals surface area contributed by atoms with Crippen LogP contribution >= 0.6 is 0 Å². The van der Waals surface area contributed by atoms with E-state index in [4.69, 9.17) is 10.5 Å². The lowest BCUT2D eigenvalue weighted by atomic mass is 9.95. The fourth-order valence-corrected chi connectivity index (χ4v) is 2.61. The highest BCUT2D eigenvalue weighted by Crippen LogP contribution is 2.29. The van der Waals surface area contributed by atoms with E-state index in [-0.39, 0.29) is 18.4 Å². The van der Waals surface area contributed by atoms with Gasteiger partial charge in [-0.05, 0) is 17.5 Å². The molecule has 21 heavy (non-hydrogen) atoms. The van der Waals surface area contributed by atoms with Crippen LogP contribution in [0.25, 0.3) is 0 Å². The molecule has 110 valence electrons. The summed E-state index contributed by atoms with van der Waals surface area (Å²) in [6.45, 7) is 1.19. The molecule has 1 aromatic carbocycles. The molecular formula is C15H18N4O2. The predicted molar refractivity (Wildman–Crippen MR) is 76.4 cm³/mol. The number of ether oxygens (including phenoxy) is 1. The minimum Gasteiger partial charge on any atom is -0.373 e. The highest BCUT2D eigenvalue weighted by molar-refractivity contribution is 5.78. The number of hydrogen-bond acceptors (Lipinski definition) is 5. The Kier molecular flexibility index (Phi) is 4.08. The van der Waals surface area contributed by atoms with E-state index in [0.717, 1.165) is 12.0 Å². The number of ketones is 1. The van der Waals surface area contributed by atoms with Gasteiger partial charge in [0.05, 0.1) is 24.6 Å². The Balaban J connectivity index is 1.65. The van der Waals surface area contributed by atoms with E-state index < -0.39 is 0 Å². The Morgan fingerprint density at radius 1 is 1.43 bits per heavy atom. The van der Waals surface area contributed by atoms with Crippen molar-refractivity contribution in [1.29, 1.82) is 0 Å². The summed E-state index contributed by atoms with van der Waals surface area (Å²) in [5.41, 5.74) is 8.55. The minimum absolute atomic E-state index is 0.0742. The fourth-order valence-electron chi connectivity index (χ4n) is 2.61. The molecule has 2 N–H and O–H groups in total. The zero-order valence-electron chi connectivity index (χ0n) is 11.7. The van der Waals surface area contributed by atoms with E-state index in [1.54, 1.807) is 6.20 Å². The molecule has 0 spiro atoms. The molecule has 0 aliphatic carbocycles. The van der Waals surface area contributed by atoms with E-state index >= 15 is 0 Å². The maximum atomic E-state index is 12.2. The molecule has 0 radical (unpaired) electrons. The summed E-state index contributed by atoms with van der Waals surface area (Å²) in [4.78, 5) is 12.2. The first-order chi connectivity index (χ1) is 10.3. The van der Waals surface area contributed by atoms with Crippen LogP contribution in [0.2, 0.25) is 0 Å². The quantitative estimate of drug-likeness (QED) is 0.887. The van der Waals surface area contributed by atoms with Crippen LogP contribution in [0.1, 0.15) is 29.3 Å². The van der Waals surface area contributed by atoms with Gasteiger partial charge in [0.25, 0.3) is 0 Å². The molecule has 2 aromatic rings. The maximum absolute atomic E-state index is 12.2. The molecule has 1 aromatic heterocycles. The lowest BCUT2D eigenvalue weighted by molar-refractivity contribution is -0.123. The van der Waals surface area contributed by atoms with Crippen molar-refractivity contribution < 1.29 is 9.53 Å². The van der Waals surface area contributed by atoms with Gasteiger partial charge >= 0.3 is 0 Å². The SMILES string of the molecule is NCc1cn(CC(=O)CC2OCCc3ccccc32)nn1. The lowest BCUT2D eigenvalue weighted by Gasteiger charge is -2.25. The summed E-state index contributed by atoms with van der Waals surface area (Å²) in [5.74, 6) is 0.0742. The van der Waals surface area contributed by atoms with Crippen molar-refractivity contribution in [3.8, 4) is 0 Å². The largest absolute Gasteiger partial charge is 0.373 e. The predicted octanol–water partition coefficient (Wildman–Crippen LogP) is 1.01. The molecule has 0 amide bonds. The molecule has 1 atom stereocenters. The van der Waals surface area contributed by atoms with Gasteiger partial charge in [0.2, 0.25) is 0 Å². The van der Waals surface area contributed by atoms with Gasteiger partial charge in [-0.1, -0.05) is 29.5 Å². The first kappa shape index (κ1) is 13.9. The van der Waals surface area contributed by atoms with Gasteiger partial charge in [0.1, 0.15) is 6.54 Å². The summed E-state index contributed by atoms with van der Waals surface area (Å²) >= 11 is 0. The van der Waals surface area contributed by atoms with Gasteiger partial charge in [-0.25, -0.2) is 4.68 Å². The maximum Gasteiger partial charge on any atom is 0.157 e. The van der Waals surface area contributed by atoms with Gasteiger partial charge in [0.15, 0.2) is 5.78 Å². The smallest absolute Gasteiger partial charge is 0.157 e. The van der Waals surface area contributed by atoms with E-state index in [1.807, 2.05) is 18.2 Å². The Bertz CT molecular complexity index is 638. The van der Waals surface area contributed by atoms with E-state index in [2.05, 4.69) is 16.4 Å². The van der Waals surface area contributed by atoms with E-state index in [0.29, 0.717) is 25.3 Å². The van der Waals surface area contributed by atoms with Crippen molar-refractivity contribution in [2.45, 2.75) is 32.0 Å². The first-order valence-electron chi connectivity index (χ1n) is 7.06. The van der Waals surface area contributed by atoms with Gasteiger partial charge in [-0.3, -0.25) is 4.79 Å². The van der Waals surface area contributed by atoms with Crippen molar-refractivity contribution in [3.63, 3.8) is 0 Å². The summed E-state index contributed by atoms with van der Waals surface area (Å²) < 4.78 is 7.28. The number of carbonyl (C=O) groups is 1. The molecule has 0 saturated carbocycles. The molecule has 6 nitrogen and oxygen atoms in total. The molecule has 6 heteroatoms. The number of nitrogens with two attached hydrogens (primary N) is 1. The summed E-state index contributed by atoms with van der Waals surface area (Å²) in [6.07, 6.45) is 2.81. The normalized spacial score (nSPS) is 17.5. The third-order valence-corrected chi connectivity index (χ3v) is 3.64. The van der Waals surface area contributed by atoms with Crippen molar-refractivity contribution in [1.82, 2.24) is 15.0 Å². The standard InChI is InChI=1S/C15H18N4O2/c16-8-12-9-19(18-17-12)10-13(20)7-15-14-4-2-1-3-11(14)5-6-21-15/h1-4,9,15H,5-8,10,16H2. The van der Waals surface area contributed by atoms with E-state index in [1.165, 1.54) is 10.2 Å². The second-order valence-corrected chi connectivity index (χ2v) is 5.16. The average molecular weight is 286 g/mol. The fraction of sp³-hybridized carbons (Fsp3) is 0.400. The molecule has 1 aliphatic heterocycles. The van der Waals surface area contributed by atoms with Gasteiger partial charge in [-0.2, -0.15) is 0 Å². The second kappa shape index (κ2) is 6.15. The van der Waals surface area contributed by atoms with Crippen LogP contribution in [-0.4, -0.2) is 27.4 Å². The Morgan fingerprint density at radius 2 is 2.29 bits per heavy atom. The van der Waals surface area contributed by atoms with Crippen LogP contribution in [0, 0.1) is 0 Å². The minimum atomic E-state index is -0.153. The Labute approximate surface area is 122 Å². The van der Waals surface area contributed by atoms with Gasteiger partial charge in [0, 0.05) is 13.0 Å². The lowest BCUT2D eigenvalue weighted by Crippen LogP contribution is -2.21. The van der Waals surface area contributed by atoms with Crippen molar-refractivity contribution in [2.24, 2.45) is 5.73 Å². The molecule has 0 fully saturated rings. The molecule has 1 unspecified atom stereocenters. The monoisotopic (exact) mass is 286 g/mol. The van der Waals surface area contributed by atoms with Crippen LogP contribution in [0.3, 0.4) is 0 Å².